The Morgan fingerprint density at radius 2 is 1.68 bits per heavy atom. The molecule has 0 radical (unpaired) electrons. The lowest BCUT2D eigenvalue weighted by Crippen LogP contribution is -2.40. The number of hydrogen-bond acceptors (Lipinski definition) is 6. The molecule has 1 heterocycles. The molecule has 34 heavy (non-hydrogen) atoms. The molecule has 0 aromatic heterocycles. The molecule has 0 atom stereocenters. The van der Waals surface area contributed by atoms with Gasteiger partial charge in [0.25, 0.3) is 5.91 Å². The molecule has 0 bridgehead atoms. The summed E-state index contributed by atoms with van der Waals surface area (Å²) in [5, 5.41) is 6.08. The summed E-state index contributed by atoms with van der Waals surface area (Å²) in [6.45, 7) is 3.31. The number of nitrogens with one attached hydrogen (secondary N) is 2. The van der Waals surface area contributed by atoms with Crippen molar-refractivity contribution in [2.75, 3.05) is 43.5 Å². The van der Waals surface area contributed by atoms with Crippen molar-refractivity contribution >= 4 is 33.0 Å². The maximum Gasteiger partial charge on any atom is 0.257 e. The number of sulfonamides is 1. The topological polar surface area (TPSA) is 97.0 Å². The number of benzene rings is 3. The van der Waals surface area contributed by atoms with E-state index in [2.05, 4.69) is 10.6 Å². The minimum absolute atomic E-state index is 0.0183. The van der Waals surface area contributed by atoms with Crippen molar-refractivity contribution in [3.8, 4) is 5.75 Å². The second kappa shape index (κ2) is 10.7. The van der Waals surface area contributed by atoms with Crippen LogP contribution in [0.15, 0.2) is 77.7 Å². The molecule has 1 saturated heterocycles. The summed E-state index contributed by atoms with van der Waals surface area (Å²) in [5.41, 5.74) is 2.27. The Bertz CT molecular complexity index is 1240. The largest absolute Gasteiger partial charge is 0.492 e. The smallest absolute Gasteiger partial charge is 0.257 e. The van der Waals surface area contributed by atoms with Gasteiger partial charge in [-0.1, -0.05) is 30.3 Å². The molecule has 178 valence electrons. The van der Waals surface area contributed by atoms with E-state index in [0.29, 0.717) is 36.8 Å². The standard InChI is InChI=1S/C25H27N3O5S/c1-2-33-23-13-12-20(18-24(23)34(30,31)28-14-16-32-17-15-28)27-25(29)21-10-6-7-11-22(21)26-19-8-4-3-5-9-19/h3-13,18,26H,2,14-17H2,1H3,(H,27,29). The van der Waals surface area contributed by atoms with Crippen LogP contribution >= 0.6 is 0 Å². The number of anilines is 3. The summed E-state index contributed by atoms with van der Waals surface area (Å²) in [6.07, 6.45) is 0. The molecule has 0 saturated carbocycles. The van der Waals surface area contributed by atoms with E-state index < -0.39 is 10.0 Å². The maximum atomic E-state index is 13.3. The summed E-state index contributed by atoms with van der Waals surface area (Å²) in [7, 11) is -3.82. The normalized spacial score (nSPS) is 14.4. The van der Waals surface area contributed by atoms with E-state index in [4.69, 9.17) is 9.47 Å². The molecule has 3 aromatic carbocycles. The summed E-state index contributed by atoms with van der Waals surface area (Å²) in [6, 6.07) is 21.3. The van der Waals surface area contributed by atoms with Crippen molar-refractivity contribution in [1.82, 2.24) is 4.31 Å². The van der Waals surface area contributed by atoms with E-state index >= 15 is 0 Å². The number of carbonyl (C=O) groups is 1. The number of rotatable bonds is 8. The van der Waals surface area contributed by atoms with Crippen LogP contribution in [0.25, 0.3) is 0 Å². The Labute approximate surface area is 199 Å². The van der Waals surface area contributed by atoms with Gasteiger partial charge in [-0.05, 0) is 49.4 Å². The average molecular weight is 482 g/mol. The molecule has 1 aliphatic heterocycles. The van der Waals surface area contributed by atoms with Crippen LogP contribution in [-0.2, 0) is 14.8 Å². The van der Waals surface area contributed by atoms with Gasteiger partial charge in [0.1, 0.15) is 10.6 Å². The van der Waals surface area contributed by atoms with Crippen molar-refractivity contribution in [2.45, 2.75) is 11.8 Å². The number of ether oxygens (including phenoxy) is 2. The summed E-state index contributed by atoms with van der Waals surface area (Å²) >= 11 is 0. The Morgan fingerprint density at radius 1 is 0.971 bits per heavy atom. The highest BCUT2D eigenvalue weighted by Crippen LogP contribution is 2.31. The average Bonchev–Trinajstić information content (AvgIpc) is 2.86. The number of morpholine rings is 1. The lowest BCUT2D eigenvalue weighted by atomic mass is 10.1. The second-order valence-electron chi connectivity index (χ2n) is 7.60. The van der Waals surface area contributed by atoms with Gasteiger partial charge in [-0.3, -0.25) is 4.79 Å². The molecule has 0 spiro atoms. The van der Waals surface area contributed by atoms with Gasteiger partial charge in [-0.25, -0.2) is 8.42 Å². The number of nitrogens with zero attached hydrogens (tertiary/aromatic N) is 1. The van der Waals surface area contributed by atoms with Crippen LogP contribution in [0, 0.1) is 0 Å². The van der Waals surface area contributed by atoms with Crippen molar-refractivity contribution in [1.29, 1.82) is 0 Å². The Balaban J connectivity index is 1.61. The Morgan fingerprint density at radius 3 is 2.41 bits per heavy atom. The van der Waals surface area contributed by atoms with Gasteiger partial charge in [-0.15, -0.1) is 0 Å². The summed E-state index contributed by atoms with van der Waals surface area (Å²) in [4.78, 5) is 13.2. The van der Waals surface area contributed by atoms with Crippen molar-refractivity contribution in [2.24, 2.45) is 0 Å². The second-order valence-corrected chi connectivity index (χ2v) is 9.51. The van der Waals surface area contributed by atoms with Crippen LogP contribution in [0.1, 0.15) is 17.3 Å². The molecule has 1 aliphatic rings. The zero-order valence-electron chi connectivity index (χ0n) is 18.9. The van der Waals surface area contributed by atoms with E-state index in [-0.39, 0.29) is 29.6 Å². The zero-order valence-corrected chi connectivity index (χ0v) is 19.7. The number of hydrogen-bond donors (Lipinski definition) is 2. The minimum atomic E-state index is -3.82. The van der Waals surface area contributed by atoms with E-state index in [0.717, 1.165) is 5.69 Å². The summed E-state index contributed by atoms with van der Waals surface area (Å²) in [5.74, 6) is -0.115. The molecule has 3 aromatic rings. The van der Waals surface area contributed by atoms with Crippen LogP contribution < -0.4 is 15.4 Å². The Hall–Kier alpha value is -3.40. The first-order valence-corrected chi connectivity index (χ1v) is 12.5. The predicted molar refractivity (Wildman–Crippen MR) is 131 cm³/mol. The van der Waals surface area contributed by atoms with E-state index in [1.165, 1.54) is 10.4 Å². The van der Waals surface area contributed by atoms with Crippen molar-refractivity contribution in [3.05, 3.63) is 78.4 Å². The number of para-hydroxylation sites is 2. The van der Waals surface area contributed by atoms with Crippen LogP contribution in [0.2, 0.25) is 0 Å². The predicted octanol–water partition coefficient (Wildman–Crippen LogP) is 4.10. The molecule has 0 aliphatic carbocycles. The van der Waals surface area contributed by atoms with Crippen LogP contribution in [0.5, 0.6) is 5.75 Å². The van der Waals surface area contributed by atoms with Gasteiger partial charge in [-0.2, -0.15) is 4.31 Å². The fraction of sp³-hybridized carbons (Fsp3) is 0.240. The quantitative estimate of drug-likeness (QED) is 0.503. The monoisotopic (exact) mass is 481 g/mol. The SMILES string of the molecule is CCOc1ccc(NC(=O)c2ccccc2Nc2ccccc2)cc1S(=O)(=O)N1CCOCC1. The molecule has 0 unspecified atom stereocenters. The third-order valence-electron chi connectivity index (χ3n) is 5.31. The fourth-order valence-electron chi connectivity index (χ4n) is 3.65. The molecular formula is C25H27N3O5S. The first-order valence-electron chi connectivity index (χ1n) is 11.1. The van der Waals surface area contributed by atoms with Crippen molar-refractivity contribution < 1.29 is 22.7 Å². The molecule has 2 N–H and O–H groups in total. The molecule has 8 nitrogen and oxygen atoms in total. The third-order valence-corrected chi connectivity index (χ3v) is 7.23. The van der Waals surface area contributed by atoms with Crippen LogP contribution in [-0.4, -0.2) is 51.5 Å². The van der Waals surface area contributed by atoms with Gasteiger partial charge in [0.2, 0.25) is 10.0 Å². The lowest BCUT2D eigenvalue weighted by Gasteiger charge is -2.27. The van der Waals surface area contributed by atoms with Gasteiger partial charge < -0.3 is 20.1 Å². The highest BCUT2D eigenvalue weighted by atomic mass is 32.2. The highest BCUT2D eigenvalue weighted by molar-refractivity contribution is 7.89. The van der Waals surface area contributed by atoms with E-state index in [1.807, 2.05) is 42.5 Å². The Kier molecular flexibility index (Phi) is 7.46. The van der Waals surface area contributed by atoms with Crippen LogP contribution in [0.4, 0.5) is 17.1 Å². The maximum absolute atomic E-state index is 13.3. The van der Waals surface area contributed by atoms with Crippen molar-refractivity contribution in [3.63, 3.8) is 0 Å². The van der Waals surface area contributed by atoms with Crippen LogP contribution in [0.3, 0.4) is 0 Å². The van der Waals surface area contributed by atoms with E-state index in [9.17, 15) is 13.2 Å². The number of amides is 1. The molecule has 9 heteroatoms. The molecule has 1 fully saturated rings. The summed E-state index contributed by atoms with van der Waals surface area (Å²) < 4.78 is 38.9. The molecule has 1 amide bonds. The van der Waals surface area contributed by atoms with Gasteiger partial charge >= 0.3 is 0 Å². The number of carbonyl (C=O) groups excluding carboxylic acids is 1. The fourth-order valence-corrected chi connectivity index (χ4v) is 5.22. The minimum Gasteiger partial charge on any atom is -0.492 e. The van der Waals surface area contributed by atoms with Gasteiger partial charge in [0.15, 0.2) is 0 Å². The zero-order chi connectivity index (χ0) is 24.0. The molecular weight excluding hydrogens is 454 g/mol. The van der Waals surface area contributed by atoms with E-state index in [1.54, 1.807) is 31.2 Å². The van der Waals surface area contributed by atoms with Gasteiger partial charge in [0.05, 0.1) is 31.1 Å². The molecule has 4 rings (SSSR count). The lowest BCUT2D eigenvalue weighted by molar-refractivity contribution is 0.0729. The highest BCUT2D eigenvalue weighted by Gasteiger charge is 2.30. The first kappa shape index (κ1) is 23.7. The first-order chi connectivity index (χ1) is 16.5. The van der Waals surface area contributed by atoms with Gasteiger partial charge in [0, 0.05) is 24.5 Å². The third kappa shape index (κ3) is 5.39.